The predicted octanol–water partition coefficient (Wildman–Crippen LogP) is 9.10. The van der Waals surface area contributed by atoms with E-state index in [4.69, 9.17) is 0 Å². The summed E-state index contributed by atoms with van der Waals surface area (Å²) in [6.07, 6.45) is 15.7. The van der Waals surface area contributed by atoms with Crippen molar-refractivity contribution in [3.8, 4) is 0 Å². The standard InChI is InChI=1S/C39H52N2O2/c1-5-8-10-12-14-16-26-33-35(30-23-18-19-24-31(30)40(33)7-3)37-38(42)36(39(37)43)34-28(4)41(27-21-15-13-11-9-6-2)32-25-20-17-22-29(32)34/h17-20,22-25,34,36H,5-16,21,26-27H2,1-4H3. The first-order valence-corrected chi connectivity index (χ1v) is 17.3. The Morgan fingerprint density at radius 3 is 2.09 bits per heavy atom. The highest BCUT2D eigenvalue weighted by Crippen LogP contribution is 2.50. The highest BCUT2D eigenvalue weighted by Gasteiger charge is 2.49. The number of hydrogen-bond donors (Lipinski definition) is 0. The van der Waals surface area contributed by atoms with Gasteiger partial charge in [0, 0.05) is 59.3 Å². The van der Waals surface area contributed by atoms with E-state index in [1.54, 1.807) is 0 Å². The average Bonchev–Trinajstić information content (AvgIpc) is 3.47. The molecule has 0 N–H and O–H groups in total. The molecule has 0 fully saturated rings. The van der Waals surface area contributed by atoms with E-state index < -0.39 is 5.92 Å². The number of carbonyl (C=O) groups is 1. The molecule has 1 aliphatic carbocycles. The first-order chi connectivity index (χ1) is 21.0. The predicted molar refractivity (Wildman–Crippen MR) is 178 cm³/mol. The number of Topliss-reactive ketones (excluding diaryl/α,β-unsaturated/α-hetero) is 1. The summed E-state index contributed by atoms with van der Waals surface area (Å²) < 4.78 is 4.74. The van der Waals surface area contributed by atoms with Crippen LogP contribution in [-0.4, -0.2) is 27.2 Å². The lowest BCUT2D eigenvalue weighted by molar-refractivity contribution is -0.439. The van der Waals surface area contributed by atoms with Gasteiger partial charge in [0.15, 0.2) is 11.5 Å². The number of ketones is 1. The molecule has 5 rings (SSSR count). The van der Waals surface area contributed by atoms with Crippen LogP contribution in [0.5, 0.6) is 0 Å². The van der Waals surface area contributed by atoms with Crippen molar-refractivity contribution in [2.45, 2.75) is 124 Å². The molecule has 3 aromatic rings. The third-order valence-electron chi connectivity index (χ3n) is 9.98. The van der Waals surface area contributed by atoms with Crippen LogP contribution in [0, 0.1) is 5.92 Å². The summed E-state index contributed by atoms with van der Waals surface area (Å²) in [4.78, 5) is 14.2. The highest BCUT2D eigenvalue weighted by molar-refractivity contribution is 6.33. The Bertz CT molecular complexity index is 1490. The molecule has 43 heavy (non-hydrogen) atoms. The maximum Gasteiger partial charge on any atom is 0.209 e. The van der Waals surface area contributed by atoms with Crippen LogP contribution < -0.4 is 5.11 Å². The van der Waals surface area contributed by atoms with Gasteiger partial charge in [-0.3, -0.25) is 4.79 Å². The first-order valence-electron chi connectivity index (χ1n) is 17.3. The molecule has 2 heterocycles. The number of benzene rings is 2. The fourth-order valence-corrected chi connectivity index (χ4v) is 7.70. The third kappa shape index (κ3) is 6.12. The van der Waals surface area contributed by atoms with E-state index in [9.17, 15) is 9.90 Å². The van der Waals surface area contributed by atoms with Crippen LogP contribution in [0.15, 0.2) is 54.3 Å². The molecule has 4 nitrogen and oxygen atoms in total. The smallest absolute Gasteiger partial charge is 0.209 e. The molecule has 1 aromatic heterocycles. The fraction of sp³-hybridized carbons (Fsp3) is 0.538. The number of unbranched alkanes of at least 4 members (excludes halogenated alkanes) is 10. The van der Waals surface area contributed by atoms with E-state index >= 15 is 0 Å². The maximum atomic E-state index is 14.2. The summed E-state index contributed by atoms with van der Waals surface area (Å²) >= 11 is 0. The minimum Gasteiger partial charge on any atom is -0.874 e. The number of hydrogen-bond acceptors (Lipinski definition) is 2. The maximum absolute atomic E-state index is 14.2. The molecule has 0 saturated carbocycles. The molecular weight excluding hydrogens is 528 g/mol. The van der Waals surface area contributed by atoms with Gasteiger partial charge in [-0.2, -0.15) is 4.58 Å². The Kier molecular flexibility index (Phi) is 10.6. The fourth-order valence-electron chi connectivity index (χ4n) is 7.70. The summed E-state index contributed by atoms with van der Waals surface area (Å²) in [5, 5.41) is 15.3. The molecule has 230 valence electrons. The first kappa shape index (κ1) is 31.3. The SMILES string of the molecule is CCCCCCCCc1c(C2=C([O-])C(C3C(C)=[N+](CCCCCCCC)c4ccccc43)C2=O)c2ccccc2n1CC. The number of aryl methyl sites for hydroxylation is 1. The van der Waals surface area contributed by atoms with E-state index in [0.29, 0.717) is 5.57 Å². The van der Waals surface area contributed by atoms with Crippen molar-refractivity contribution in [3.05, 3.63) is 71.1 Å². The van der Waals surface area contributed by atoms with Crippen molar-refractivity contribution >= 4 is 33.7 Å². The molecule has 1 aliphatic heterocycles. The molecule has 0 radical (unpaired) electrons. The van der Waals surface area contributed by atoms with E-state index in [1.807, 2.05) is 6.07 Å². The van der Waals surface area contributed by atoms with Gasteiger partial charge in [0.1, 0.15) is 6.54 Å². The Morgan fingerprint density at radius 1 is 0.767 bits per heavy atom. The van der Waals surface area contributed by atoms with Crippen LogP contribution in [0.25, 0.3) is 16.5 Å². The minimum atomic E-state index is -0.615. The summed E-state index contributed by atoms with van der Waals surface area (Å²) in [6.45, 7) is 10.6. The molecule has 0 bridgehead atoms. The number of para-hydroxylation sites is 2. The second-order valence-electron chi connectivity index (χ2n) is 12.8. The molecule has 2 atom stereocenters. The van der Waals surface area contributed by atoms with Gasteiger partial charge in [0.25, 0.3) is 0 Å². The summed E-state index contributed by atoms with van der Waals surface area (Å²) in [5.74, 6) is -0.708. The summed E-state index contributed by atoms with van der Waals surface area (Å²) in [7, 11) is 0. The molecular formula is C39H52N2O2. The molecule has 0 amide bonds. The van der Waals surface area contributed by atoms with Crippen molar-refractivity contribution in [2.24, 2.45) is 5.92 Å². The molecule has 2 aliphatic rings. The van der Waals surface area contributed by atoms with Gasteiger partial charge in [-0.1, -0.05) is 108 Å². The van der Waals surface area contributed by atoms with E-state index in [1.165, 1.54) is 75.6 Å². The van der Waals surface area contributed by atoms with Gasteiger partial charge in [-0.25, -0.2) is 0 Å². The third-order valence-corrected chi connectivity index (χ3v) is 9.98. The zero-order chi connectivity index (χ0) is 30.3. The summed E-state index contributed by atoms with van der Waals surface area (Å²) in [5.41, 5.74) is 7.16. The van der Waals surface area contributed by atoms with Gasteiger partial charge < -0.3 is 9.67 Å². The van der Waals surface area contributed by atoms with Gasteiger partial charge in [-0.15, -0.1) is 5.76 Å². The van der Waals surface area contributed by atoms with Gasteiger partial charge in [0.2, 0.25) is 5.69 Å². The number of nitrogens with zero attached hydrogens (tertiary/aromatic N) is 2. The largest absolute Gasteiger partial charge is 0.874 e. The van der Waals surface area contributed by atoms with Gasteiger partial charge >= 0.3 is 0 Å². The summed E-state index contributed by atoms with van der Waals surface area (Å²) in [6, 6.07) is 16.8. The number of rotatable bonds is 17. The van der Waals surface area contributed by atoms with Gasteiger partial charge in [-0.05, 0) is 32.3 Å². The lowest BCUT2D eigenvalue weighted by Gasteiger charge is -2.39. The van der Waals surface area contributed by atoms with Crippen molar-refractivity contribution in [2.75, 3.05) is 6.54 Å². The Morgan fingerprint density at radius 2 is 1.40 bits per heavy atom. The van der Waals surface area contributed by atoms with Crippen molar-refractivity contribution in [1.29, 1.82) is 0 Å². The van der Waals surface area contributed by atoms with Crippen LogP contribution in [0.1, 0.15) is 127 Å². The number of carbonyl (C=O) groups excluding carboxylic acids is 1. The number of aromatic nitrogens is 1. The Labute approximate surface area is 259 Å². The molecule has 2 aromatic carbocycles. The highest BCUT2D eigenvalue weighted by atomic mass is 16.3. The Balaban J connectivity index is 1.45. The second kappa shape index (κ2) is 14.6. The van der Waals surface area contributed by atoms with Crippen LogP contribution in [-0.2, 0) is 17.8 Å². The van der Waals surface area contributed by atoms with Crippen LogP contribution in [0.2, 0.25) is 0 Å². The van der Waals surface area contributed by atoms with Crippen LogP contribution in [0.4, 0.5) is 5.69 Å². The van der Waals surface area contributed by atoms with E-state index in [0.717, 1.165) is 60.1 Å². The van der Waals surface area contributed by atoms with Crippen LogP contribution >= 0.6 is 0 Å². The zero-order valence-corrected chi connectivity index (χ0v) is 27.1. The lowest BCUT2D eigenvalue weighted by Crippen LogP contribution is -2.42. The second-order valence-corrected chi connectivity index (χ2v) is 12.8. The van der Waals surface area contributed by atoms with E-state index in [2.05, 4.69) is 79.3 Å². The zero-order valence-electron chi connectivity index (χ0n) is 27.1. The molecule has 4 heteroatoms. The average molecular weight is 581 g/mol. The van der Waals surface area contributed by atoms with Gasteiger partial charge in [0.05, 0.1) is 11.8 Å². The topological polar surface area (TPSA) is 48.1 Å². The quantitative estimate of drug-likeness (QED) is 0.118. The number of allylic oxidation sites excluding steroid dienone is 2. The van der Waals surface area contributed by atoms with E-state index in [-0.39, 0.29) is 17.5 Å². The van der Waals surface area contributed by atoms with Crippen molar-refractivity contribution in [1.82, 2.24) is 4.57 Å². The number of fused-ring (bicyclic) bond motifs is 2. The Hall–Kier alpha value is -3.14. The lowest BCUT2D eigenvalue weighted by atomic mass is 9.68. The monoisotopic (exact) mass is 580 g/mol. The minimum absolute atomic E-state index is 0.0359. The van der Waals surface area contributed by atoms with Crippen molar-refractivity contribution < 1.29 is 14.5 Å². The molecule has 0 spiro atoms. The normalized spacial score (nSPS) is 18.2. The molecule has 0 saturated heterocycles. The van der Waals surface area contributed by atoms with Crippen LogP contribution in [0.3, 0.4) is 0 Å². The van der Waals surface area contributed by atoms with Crippen molar-refractivity contribution in [3.63, 3.8) is 0 Å². The molecule has 2 unspecified atom stereocenters.